The van der Waals surface area contributed by atoms with Crippen LogP contribution in [0.3, 0.4) is 0 Å². The third-order valence-corrected chi connectivity index (χ3v) is 3.94. The second-order valence-corrected chi connectivity index (χ2v) is 6.99. The lowest BCUT2D eigenvalue weighted by Gasteiger charge is -2.19. The van der Waals surface area contributed by atoms with Gasteiger partial charge in [-0.05, 0) is 24.3 Å². The van der Waals surface area contributed by atoms with Crippen LogP contribution in [0.25, 0.3) is 22.5 Å². The summed E-state index contributed by atoms with van der Waals surface area (Å²) in [6.45, 7) is 5.49. The third-order valence-electron chi connectivity index (χ3n) is 3.94. The number of anilines is 1. The molecule has 0 bridgehead atoms. The van der Waals surface area contributed by atoms with Crippen LogP contribution in [0, 0.1) is 11.2 Å². The largest absolute Gasteiger partial charge is 0.325 e. The molecule has 0 saturated carbocycles. The van der Waals surface area contributed by atoms with E-state index in [0.717, 1.165) is 0 Å². The average molecular weight is 349 g/mol. The highest BCUT2D eigenvalue weighted by Crippen LogP contribution is 2.33. The topological polar surface area (TPSA) is 54.9 Å². The summed E-state index contributed by atoms with van der Waals surface area (Å²) in [5.41, 5.74) is 1.61. The Kier molecular flexibility index (Phi) is 4.80. The Morgan fingerprint density at radius 2 is 1.65 bits per heavy atom. The van der Waals surface area contributed by atoms with Gasteiger partial charge in [-0.3, -0.25) is 14.8 Å². The number of carbonyl (C=O) groups excluding carboxylic acids is 1. The minimum absolute atomic E-state index is 0.135. The summed E-state index contributed by atoms with van der Waals surface area (Å²) in [4.78, 5) is 20.7. The number of halogens is 1. The standard InChI is InChI=1S/C21H20FN3O/c1-21(2,3)20(26)25-16-9-5-4-8-14(16)15-11-13-24-19(18(15)22)17-10-6-7-12-23-17/h4-13H,1-3H3,(H,25,26). The smallest absolute Gasteiger partial charge is 0.229 e. The molecule has 0 fully saturated rings. The molecule has 0 radical (unpaired) electrons. The van der Waals surface area contributed by atoms with Crippen molar-refractivity contribution < 1.29 is 9.18 Å². The molecule has 4 nitrogen and oxygen atoms in total. The molecular weight excluding hydrogens is 329 g/mol. The first kappa shape index (κ1) is 17.7. The van der Waals surface area contributed by atoms with Gasteiger partial charge in [0.25, 0.3) is 0 Å². The Balaban J connectivity index is 2.07. The van der Waals surface area contributed by atoms with Crippen LogP contribution in [0.4, 0.5) is 10.1 Å². The molecule has 0 saturated heterocycles. The van der Waals surface area contributed by atoms with Gasteiger partial charge < -0.3 is 5.32 Å². The Labute approximate surface area is 152 Å². The number of hydrogen-bond donors (Lipinski definition) is 1. The van der Waals surface area contributed by atoms with Crippen molar-refractivity contribution in [3.63, 3.8) is 0 Å². The van der Waals surface area contributed by atoms with Crippen molar-refractivity contribution in [1.29, 1.82) is 0 Å². The molecule has 0 aliphatic carbocycles. The summed E-state index contributed by atoms with van der Waals surface area (Å²) in [7, 11) is 0. The molecule has 0 aliphatic rings. The zero-order valence-electron chi connectivity index (χ0n) is 15.0. The fourth-order valence-electron chi connectivity index (χ4n) is 2.47. The quantitative estimate of drug-likeness (QED) is 0.729. The number of nitrogens with zero attached hydrogens (tertiary/aromatic N) is 2. The van der Waals surface area contributed by atoms with Gasteiger partial charge in [0.2, 0.25) is 5.91 Å². The van der Waals surface area contributed by atoms with E-state index in [1.807, 2.05) is 26.8 Å². The maximum Gasteiger partial charge on any atom is 0.229 e. The van der Waals surface area contributed by atoms with Gasteiger partial charge in [0, 0.05) is 34.6 Å². The van der Waals surface area contributed by atoms with E-state index in [0.29, 0.717) is 22.5 Å². The molecular formula is C21H20FN3O. The van der Waals surface area contributed by atoms with Crippen molar-refractivity contribution in [3.8, 4) is 22.5 Å². The fourth-order valence-corrected chi connectivity index (χ4v) is 2.47. The zero-order valence-corrected chi connectivity index (χ0v) is 15.0. The molecule has 0 aliphatic heterocycles. The van der Waals surface area contributed by atoms with E-state index < -0.39 is 11.2 Å². The maximum atomic E-state index is 15.2. The van der Waals surface area contributed by atoms with Gasteiger partial charge in [0.1, 0.15) is 5.69 Å². The minimum atomic E-state index is -0.553. The van der Waals surface area contributed by atoms with Crippen molar-refractivity contribution >= 4 is 11.6 Å². The lowest BCUT2D eigenvalue weighted by molar-refractivity contribution is -0.123. The number of nitrogens with one attached hydrogen (secondary N) is 1. The molecule has 5 heteroatoms. The zero-order chi connectivity index (χ0) is 18.7. The molecule has 0 spiro atoms. The first-order valence-electron chi connectivity index (χ1n) is 8.34. The van der Waals surface area contributed by atoms with Crippen LogP contribution in [-0.2, 0) is 4.79 Å². The summed E-state index contributed by atoms with van der Waals surface area (Å²) in [6.07, 6.45) is 3.14. The van der Waals surface area contributed by atoms with Gasteiger partial charge in [-0.25, -0.2) is 4.39 Å². The highest BCUT2D eigenvalue weighted by molar-refractivity contribution is 5.98. The molecule has 0 atom stereocenters. The van der Waals surface area contributed by atoms with Gasteiger partial charge in [-0.2, -0.15) is 0 Å². The van der Waals surface area contributed by atoms with Gasteiger partial charge in [0.15, 0.2) is 5.82 Å². The summed E-state index contributed by atoms with van der Waals surface area (Å²) >= 11 is 0. The van der Waals surface area contributed by atoms with Crippen LogP contribution in [0.2, 0.25) is 0 Å². The average Bonchev–Trinajstić information content (AvgIpc) is 2.62. The molecule has 1 N–H and O–H groups in total. The van der Waals surface area contributed by atoms with Crippen LogP contribution in [0.5, 0.6) is 0 Å². The van der Waals surface area contributed by atoms with Gasteiger partial charge in [-0.15, -0.1) is 0 Å². The van der Waals surface area contributed by atoms with Crippen LogP contribution in [-0.4, -0.2) is 15.9 Å². The highest BCUT2D eigenvalue weighted by atomic mass is 19.1. The van der Waals surface area contributed by atoms with Crippen molar-refractivity contribution in [2.45, 2.75) is 20.8 Å². The van der Waals surface area contributed by atoms with Crippen LogP contribution in [0.15, 0.2) is 60.9 Å². The van der Waals surface area contributed by atoms with Crippen LogP contribution >= 0.6 is 0 Å². The van der Waals surface area contributed by atoms with Crippen LogP contribution in [0.1, 0.15) is 20.8 Å². The molecule has 2 aromatic heterocycles. The second-order valence-electron chi connectivity index (χ2n) is 6.99. The molecule has 3 aromatic rings. The Hall–Kier alpha value is -3.08. The van der Waals surface area contributed by atoms with E-state index >= 15 is 4.39 Å². The number of rotatable bonds is 3. The third kappa shape index (κ3) is 3.61. The summed E-state index contributed by atoms with van der Waals surface area (Å²) in [6, 6.07) is 14.0. The number of benzene rings is 1. The first-order chi connectivity index (χ1) is 12.4. The Bertz CT molecular complexity index is 933. The van der Waals surface area contributed by atoms with E-state index in [9.17, 15) is 4.79 Å². The van der Waals surface area contributed by atoms with E-state index in [4.69, 9.17) is 0 Å². The van der Waals surface area contributed by atoms with E-state index in [1.54, 1.807) is 54.9 Å². The summed E-state index contributed by atoms with van der Waals surface area (Å²) in [5, 5.41) is 2.89. The predicted octanol–water partition coefficient (Wildman–Crippen LogP) is 4.93. The molecule has 26 heavy (non-hydrogen) atoms. The molecule has 3 rings (SSSR count). The summed E-state index contributed by atoms with van der Waals surface area (Å²) < 4.78 is 15.2. The predicted molar refractivity (Wildman–Crippen MR) is 101 cm³/mol. The number of amides is 1. The monoisotopic (exact) mass is 349 g/mol. The van der Waals surface area contributed by atoms with Gasteiger partial charge in [-0.1, -0.05) is 45.0 Å². The fraction of sp³-hybridized carbons (Fsp3) is 0.190. The van der Waals surface area contributed by atoms with E-state index in [2.05, 4.69) is 15.3 Å². The number of pyridine rings is 2. The van der Waals surface area contributed by atoms with Crippen molar-refractivity contribution in [3.05, 3.63) is 66.7 Å². The van der Waals surface area contributed by atoms with Gasteiger partial charge >= 0.3 is 0 Å². The van der Waals surface area contributed by atoms with Crippen molar-refractivity contribution in [2.75, 3.05) is 5.32 Å². The minimum Gasteiger partial charge on any atom is -0.325 e. The SMILES string of the molecule is CC(C)(C)C(=O)Nc1ccccc1-c1ccnc(-c2ccccn2)c1F. The number of para-hydroxylation sites is 1. The molecule has 132 valence electrons. The van der Waals surface area contributed by atoms with Gasteiger partial charge in [0.05, 0.1) is 5.69 Å². The number of hydrogen-bond acceptors (Lipinski definition) is 3. The Morgan fingerprint density at radius 3 is 2.35 bits per heavy atom. The molecule has 0 unspecified atom stereocenters. The molecule has 1 amide bonds. The van der Waals surface area contributed by atoms with E-state index in [1.165, 1.54) is 0 Å². The molecule has 2 heterocycles. The first-order valence-corrected chi connectivity index (χ1v) is 8.34. The Morgan fingerprint density at radius 1 is 0.923 bits per heavy atom. The lowest BCUT2D eigenvalue weighted by Crippen LogP contribution is -2.27. The number of aromatic nitrogens is 2. The van der Waals surface area contributed by atoms with E-state index in [-0.39, 0.29) is 11.6 Å². The second kappa shape index (κ2) is 7.04. The summed E-state index contributed by atoms with van der Waals surface area (Å²) in [5.74, 6) is -0.604. The highest BCUT2D eigenvalue weighted by Gasteiger charge is 2.23. The molecule has 1 aromatic carbocycles. The van der Waals surface area contributed by atoms with Crippen molar-refractivity contribution in [2.24, 2.45) is 5.41 Å². The number of carbonyl (C=O) groups is 1. The lowest BCUT2D eigenvalue weighted by atomic mass is 9.95. The maximum absolute atomic E-state index is 15.2. The van der Waals surface area contributed by atoms with Crippen molar-refractivity contribution in [1.82, 2.24) is 9.97 Å². The van der Waals surface area contributed by atoms with Crippen LogP contribution < -0.4 is 5.32 Å². The normalized spacial score (nSPS) is 11.2.